The summed E-state index contributed by atoms with van der Waals surface area (Å²) in [5.41, 5.74) is 3.64. The van der Waals surface area contributed by atoms with Gasteiger partial charge in [0.25, 0.3) is 0 Å². The number of thiazole rings is 1. The molecule has 0 aliphatic heterocycles. The highest BCUT2D eigenvalue weighted by Crippen LogP contribution is 2.57. The number of hydrogen-bond donors (Lipinski definition) is 2. The number of aliphatic hydroxyl groups is 1. The Kier molecular flexibility index (Phi) is 4.65. The van der Waals surface area contributed by atoms with E-state index in [-0.39, 0.29) is 12.0 Å². The Morgan fingerprint density at radius 2 is 1.90 bits per heavy atom. The normalized spacial score (nSPS) is 27.5. The van der Waals surface area contributed by atoms with E-state index < -0.39 is 0 Å². The Labute approximate surface area is 186 Å². The third kappa shape index (κ3) is 3.57. The van der Waals surface area contributed by atoms with Crippen molar-refractivity contribution in [2.75, 3.05) is 11.9 Å². The fourth-order valence-electron chi connectivity index (χ4n) is 5.40. The second-order valence-electron chi connectivity index (χ2n) is 9.73. The minimum atomic E-state index is -0.00188. The Balaban J connectivity index is 1.11. The van der Waals surface area contributed by atoms with Gasteiger partial charge in [-0.05, 0) is 68.9 Å². The van der Waals surface area contributed by atoms with Crippen LogP contribution in [-0.2, 0) is 12.0 Å². The van der Waals surface area contributed by atoms with E-state index in [1.54, 1.807) is 0 Å². The average molecular weight is 437 g/mol. The molecule has 7 heteroatoms. The molecule has 2 aromatic heterocycles. The van der Waals surface area contributed by atoms with Gasteiger partial charge in [-0.15, -0.1) is 11.3 Å². The van der Waals surface area contributed by atoms with Gasteiger partial charge in [0.05, 0.1) is 12.3 Å². The molecule has 3 aromatic rings. The van der Waals surface area contributed by atoms with Gasteiger partial charge in [-0.2, -0.15) is 4.98 Å². The van der Waals surface area contributed by atoms with E-state index in [9.17, 15) is 5.11 Å². The number of hydrogen-bond acceptors (Lipinski definition) is 7. The predicted molar refractivity (Wildman–Crippen MR) is 120 cm³/mol. The lowest BCUT2D eigenvalue weighted by atomic mass is 9.53. The maximum Gasteiger partial charge on any atom is 0.232 e. The number of anilines is 1. The van der Waals surface area contributed by atoms with Crippen LogP contribution >= 0.6 is 11.3 Å². The monoisotopic (exact) mass is 436 g/mol. The molecule has 4 saturated carbocycles. The van der Waals surface area contributed by atoms with E-state index in [2.05, 4.69) is 39.7 Å². The predicted octanol–water partition coefficient (Wildman–Crippen LogP) is 5.27. The summed E-state index contributed by atoms with van der Waals surface area (Å²) >= 11 is 1.50. The molecule has 4 fully saturated rings. The van der Waals surface area contributed by atoms with Gasteiger partial charge in [0.2, 0.25) is 5.89 Å². The Hall–Kier alpha value is -2.25. The minimum Gasteiger partial charge on any atom is -0.389 e. The SMILES string of the molecule is OCc1nc(-c2cccc(NCC34CCC(c5nc(C6CC6)no5)(CC3)CC4)c2)cs1. The number of aliphatic hydroxyl groups excluding tert-OH is 1. The van der Waals surface area contributed by atoms with Crippen LogP contribution in [0.3, 0.4) is 0 Å². The van der Waals surface area contributed by atoms with Crippen molar-refractivity contribution in [3.8, 4) is 11.3 Å². The van der Waals surface area contributed by atoms with Crippen molar-refractivity contribution in [3.63, 3.8) is 0 Å². The summed E-state index contributed by atoms with van der Waals surface area (Å²) in [6, 6.07) is 8.45. The summed E-state index contributed by atoms with van der Waals surface area (Å²) in [7, 11) is 0. The lowest BCUT2D eigenvalue weighted by molar-refractivity contribution is 0.0322. The van der Waals surface area contributed by atoms with Crippen molar-refractivity contribution in [2.24, 2.45) is 5.41 Å². The quantitative estimate of drug-likeness (QED) is 0.525. The van der Waals surface area contributed by atoms with E-state index >= 15 is 0 Å². The summed E-state index contributed by atoms with van der Waals surface area (Å²) in [6.45, 7) is 1.00. The van der Waals surface area contributed by atoms with Gasteiger partial charge in [-0.3, -0.25) is 0 Å². The Morgan fingerprint density at radius 1 is 1.10 bits per heavy atom. The zero-order chi connectivity index (χ0) is 20.9. The first kappa shape index (κ1) is 19.4. The van der Waals surface area contributed by atoms with Crippen LogP contribution in [0.5, 0.6) is 0 Å². The highest BCUT2D eigenvalue weighted by molar-refractivity contribution is 7.09. The summed E-state index contributed by atoms with van der Waals surface area (Å²) < 4.78 is 5.75. The molecule has 0 spiro atoms. The summed E-state index contributed by atoms with van der Waals surface area (Å²) in [5, 5.41) is 20.0. The molecule has 7 rings (SSSR count). The molecule has 0 atom stereocenters. The first-order chi connectivity index (χ1) is 15.2. The summed E-state index contributed by atoms with van der Waals surface area (Å²) in [4.78, 5) is 9.31. The number of fused-ring (bicyclic) bond motifs is 3. The molecule has 0 radical (unpaired) electrons. The molecule has 31 heavy (non-hydrogen) atoms. The van der Waals surface area contributed by atoms with Crippen LogP contribution in [0.4, 0.5) is 5.69 Å². The minimum absolute atomic E-state index is 0.00188. The van der Waals surface area contributed by atoms with Gasteiger partial charge in [-0.1, -0.05) is 17.3 Å². The Bertz CT molecular complexity index is 1060. The van der Waals surface area contributed by atoms with E-state index in [1.807, 2.05) is 5.38 Å². The maximum absolute atomic E-state index is 9.28. The smallest absolute Gasteiger partial charge is 0.232 e. The second-order valence-corrected chi connectivity index (χ2v) is 10.7. The van der Waals surface area contributed by atoms with Crippen molar-refractivity contribution < 1.29 is 9.63 Å². The molecule has 2 bridgehead atoms. The van der Waals surface area contributed by atoms with Crippen molar-refractivity contribution in [2.45, 2.75) is 69.3 Å². The number of nitrogens with one attached hydrogen (secondary N) is 1. The second kappa shape index (κ2) is 7.41. The van der Waals surface area contributed by atoms with Crippen molar-refractivity contribution in [1.29, 1.82) is 0 Å². The lowest BCUT2D eigenvalue weighted by Crippen LogP contribution is -2.47. The average Bonchev–Trinajstić information content (AvgIpc) is 3.35. The van der Waals surface area contributed by atoms with E-state index in [0.29, 0.717) is 11.3 Å². The van der Waals surface area contributed by atoms with E-state index in [0.717, 1.165) is 59.5 Å². The van der Waals surface area contributed by atoms with Crippen molar-refractivity contribution >= 4 is 17.0 Å². The lowest BCUT2D eigenvalue weighted by Gasteiger charge is -2.52. The molecule has 2 N–H and O–H groups in total. The van der Waals surface area contributed by atoms with Gasteiger partial charge in [0, 0.05) is 34.5 Å². The van der Waals surface area contributed by atoms with Crippen LogP contribution in [-0.4, -0.2) is 26.8 Å². The number of nitrogens with zero attached hydrogens (tertiary/aromatic N) is 3. The third-order valence-electron chi connectivity index (χ3n) is 7.75. The van der Waals surface area contributed by atoms with Gasteiger partial charge >= 0.3 is 0 Å². The number of rotatable bonds is 7. The van der Waals surface area contributed by atoms with Crippen LogP contribution in [0.1, 0.15) is 74.0 Å². The van der Waals surface area contributed by atoms with Crippen LogP contribution in [0.25, 0.3) is 11.3 Å². The van der Waals surface area contributed by atoms with E-state index in [4.69, 9.17) is 9.51 Å². The standard InChI is InChI=1S/C24H28N4O2S/c29-13-20-26-19(14-31-20)17-2-1-3-18(12-17)25-15-23-6-9-24(10-7-23,11-8-23)22-27-21(28-30-22)16-4-5-16/h1-3,12,14,16,25,29H,4-11,13,15H2. The fourth-order valence-corrected chi connectivity index (χ4v) is 6.06. The molecule has 2 heterocycles. The molecule has 0 amide bonds. The molecule has 6 nitrogen and oxygen atoms in total. The van der Waals surface area contributed by atoms with Crippen molar-refractivity contribution in [1.82, 2.24) is 15.1 Å². The zero-order valence-electron chi connectivity index (χ0n) is 17.6. The number of aromatic nitrogens is 3. The van der Waals surface area contributed by atoms with E-state index in [1.165, 1.54) is 43.4 Å². The summed E-state index contributed by atoms with van der Waals surface area (Å²) in [5.74, 6) is 2.41. The maximum atomic E-state index is 9.28. The highest BCUT2D eigenvalue weighted by Gasteiger charge is 2.52. The fraction of sp³-hybridized carbons (Fsp3) is 0.542. The highest BCUT2D eigenvalue weighted by atomic mass is 32.1. The first-order valence-electron chi connectivity index (χ1n) is 11.4. The molecule has 0 saturated heterocycles. The molecular formula is C24H28N4O2S. The van der Waals surface area contributed by atoms with Crippen LogP contribution in [0, 0.1) is 5.41 Å². The van der Waals surface area contributed by atoms with Gasteiger partial charge < -0.3 is 14.9 Å². The van der Waals surface area contributed by atoms with Gasteiger partial charge in [0.15, 0.2) is 5.82 Å². The first-order valence-corrected chi connectivity index (χ1v) is 12.3. The molecule has 162 valence electrons. The molecule has 4 aliphatic carbocycles. The van der Waals surface area contributed by atoms with Crippen LogP contribution < -0.4 is 5.32 Å². The van der Waals surface area contributed by atoms with Crippen LogP contribution in [0.2, 0.25) is 0 Å². The topological polar surface area (TPSA) is 84.1 Å². The largest absolute Gasteiger partial charge is 0.389 e. The molecule has 4 aliphatic rings. The van der Waals surface area contributed by atoms with Crippen molar-refractivity contribution in [3.05, 3.63) is 46.4 Å². The zero-order valence-corrected chi connectivity index (χ0v) is 18.5. The van der Waals surface area contributed by atoms with Crippen LogP contribution in [0.15, 0.2) is 34.2 Å². The van der Waals surface area contributed by atoms with Gasteiger partial charge in [0.1, 0.15) is 5.01 Å². The summed E-state index contributed by atoms with van der Waals surface area (Å²) in [6.07, 6.45) is 9.55. The molecule has 1 aromatic carbocycles. The van der Waals surface area contributed by atoms with Gasteiger partial charge in [-0.25, -0.2) is 4.98 Å². The third-order valence-corrected chi connectivity index (χ3v) is 8.59. The number of benzene rings is 1. The molecule has 0 unspecified atom stereocenters. The Morgan fingerprint density at radius 3 is 2.61 bits per heavy atom. The molecular weight excluding hydrogens is 408 g/mol.